The molecule has 1 aliphatic carbocycles. The number of carboxylic acid groups (broad SMARTS) is 1. The molecule has 0 aromatic heterocycles. The first kappa shape index (κ1) is 12.3. The molecule has 1 aromatic carbocycles. The fraction of sp³-hybridized carbons (Fsp3) is 0.300. The highest BCUT2D eigenvalue weighted by molar-refractivity contribution is 6.53. The quantitative estimate of drug-likeness (QED) is 0.839. The van der Waals surface area contributed by atoms with Gasteiger partial charge in [0, 0.05) is 16.0 Å². The molecule has 1 fully saturated rings. The van der Waals surface area contributed by atoms with Crippen molar-refractivity contribution in [1.29, 1.82) is 0 Å². The van der Waals surface area contributed by atoms with Gasteiger partial charge in [0.25, 0.3) is 0 Å². The minimum atomic E-state index is -1.28. The Labute approximate surface area is 112 Å². The Morgan fingerprint density at radius 2 is 1.69 bits per heavy atom. The molecule has 1 N–H and O–H groups in total. The van der Waals surface area contributed by atoms with Gasteiger partial charge in [-0.05, 0) is 23.8 Å². The number of carboxylic acids is 1. The second-order valence-corrected chi connectivity index (χ2v) is 5.99. The molecule has 1 aromatic rings. The molecule has 0 unspecified atom stereocenters. The third-order valence-electron chi connectivity index (χ3n) is 2.56. The van der Waals surface area contributed by atoms with Crippen LogP contribution in [0.2, 0.25) is 10.0 Å². The fourth-order valence-electron chi connectivity index (χ4n) is 1.80. The summed E-state index contributed by atoms with van der Waals surface area (Å²) in [4.78, 5) is 10.9. The number of rotatable bonds is 2. The number of benzene rings is 1. The predicted octanol–water partition coefficient (Wildman–Crippen LogP) is 3.97. The lowest BCUT2D eigenvalue weighted by atomic mass is 10.1. The van der Waals surface area contributed by atoms with E-state index in [1.54, 1.807) is 18.2 Å². The second kappa shape index (κ2) is 3.95. The van der Waals surface area contributed by atoms with Gasteiger partial charge in [-0.1, -0.05) is 46.4 Å². The molecule has 0 aliphatic heterocycles. The Morgan fingerprint density at radius 3 is 2.06 bits per heavy atom. The van der Waals surface area contributed by atoms with Gasteiger partial charge in [-0.3, -0.25) is 4.79 Å². The zero-order chi connectivity index (χ0) is 12.1. The lowest BCUT2D eigenvalue weighted by Crippen LogP contribution is -2.03. The van der Waals surface area contributed by atoms with Gasteiger partial charge in [0.15, 0.2) is 0 Å². The first-order chi connectivity index (χ1) is 7.34. The largest absolute Gasteiger partial charge is 0.481 e. The summed E-state index contributed by atoms with van der Waals surface area (Å²) >= 11 is 23.5. The Hall–Kier alpha value is -0.150. The fourth-order valence-corrected chi connectivity index (χ4v) is 3.16. The normalized spacial score (nSPS) is 26.5. The topological polar surface area (TPSA) is 37.3 Å². The lowest BCUT2D eigenvalue weighted by molar-refractivity contribution is -0.138. The molecular formula is C10H6Cl4O2. The third kappa shape index (κ3) is 2.00. The average molecular weight is 300 g/mol. The molecule has 0 saturated heterocycles. The molecule has 1 saturated carbocycles. The first-order valence-electron chi connectivity index (χ1n) is 4.40. The van der Waals surface area contributed by atoms with E-state index in [1.807, 2.05) is 0 Å². The monoisotopic (exact) mass is 298 g/mol. The van der Waals surface area contributed by atoms with Crippen molar-refractivity contribution in [1.82, 2.24) is 0 Å². The van der Waals surface area contributed by atoms with E-state index in [-0.39, 0.29) is 0 Å². The molecule has 6 heteroatoms. The molecule has 0 radical (unpaired) electrons. The van der Waals surface area contributed by atoms with Crippen LogP contribution in [0.3, 0.4) is 0 Å². The van der Waals surface area contributed by atoms with Gasteiger partial charge in [0.05, 0.1) is 5.92 Å². The maximum Gasteiger partial charge on any atom is 0.310 e. The third-order valence-corrected chi connectivity index (χ3v) is 3.94. The van der Waals surface area contributed by atoms with Gasteiger partial charge in [-0.2, -0.15) is 0 Å². The van der Waals surface area contributed by atoms with Gasteiger partial charge < -0.3 is 5.11 Å². The van der Waals surface area contributed by atoms with E-state index in [0.29, 0.717) is 15.6 Å². The van der Waals surface area contributed by atoms with Crippen LogP contribution >= 0.6 is 46.4 Å². The summed E-state index contributed by atoms with van der Waals surface area (Å²) in [7, 11) is 0. The van der Waals surface area contributed by atoms with Crippen LogP contribution in [0.25, 0.3) is 0 Å². The van der Waals surface area contributed by atoms with Crippen LogP contribution in [0.1, 0.15) is 11.5 Å². The molecule has 2 nitrogen and oxygen atoms in total. The molecule has 0 bridgehead atoms. The van der Waals surface area contributed by atoms with Crippen molar-refractivity contribution in [3.05, 3.63) is 33.8 Å². The summed E-state index contributed by atoms with van der Waals surface area (Å²) in [6, 6.07) is 4.82. The number of alkyl halides is 2. The zero-order valence-electron chi connectivity index (χ0n) is 7.75. The van der Waals surface area contributed by atoms with Crippen molar-refractivity contribution in [3.63, 3.8) is 0 Å². The van der Waals surface area contributed by atoms with Crippen molar-refractivity contribution in [2.45, 2.75) is 10.3 Å². The van der Waals surface area contributed by atoms with Gasteiger partial charge in [-0.15, -0.1) is 0 Å². The molecule has 0 heterocycles. The Kier molecular flexibility index (Phi) is 3.04. The van der Waals surface area contributed by atoms with Crippen LogP contribution < -0.4 is 0 Å². The van der Waals surface area contributed by atoms with Crippen LogP contribution in [0.4, 0.5) is 0 Å². The Morgan fingerprint density at radius 1 is 1.19 bits per heavy atom. The summed E-state index contributed by atoms with van der Waals surface area (Å²) in [5, 5.41) is 9.79. The Balaban J connectivity index is 2.37. The average Bonchev–Trinajstić information content (AvgIpc) is 2.67. The van der Waals surface area contributed by atoms with Crippen molar-refractivity contribution in [2.24, 2.45) is 5.92 Å². The number of aliphatic carboxylic acids is 1. The highest BCUT2D eigenvalue weighted by Crippen LogP contribution is 2.65. The van der Waals surface area contributed by atoms with Crippen LogP contribution in [0, 0.1) is 5.92 Å². The smallest absolute Gasteiger partial charge is 0.310 e. The molecule has 86 valence electrons. The molecule has 2 atom stereocenters. The predicted molar refractivity (Wildman–Crippen MR) is 64.8 cm³/mol. The summed E-state index contributed by atoms with van der Waals surface area (Å²) in [5.74, 6) is -2.30. The maximum absolute atomic E-state index is 10.9. The van der Waals surface area contributed by atoms with Gasteiger partial charge in [0.1, 0.15) is 4.33 Å². The van der Waals surface area contributed by atoms with E-state index in [9.17, 15) is 4.79 Å². The number of halogens is 4. The van der Waals surface area contributed by atoms with Crippen molar-refractivity contribution in [3.8, 4) is 0 Å². The number of carbonyl (C=O) groups is 1. The van der Waals surface area contributed by atoms with Crippen LogP contribution in [-0.2, 0) is 4.79 Å². The molecule has 0 amide bonds. The van der Waals surface area contributed by atoms with Crippen molar-refractivity contribution < 1.29 is 9.90 Å². The van der Waals surface area contributed by atoms with E-state index < -0.39 is 22.1 Å². The molecule has 16 heavy (non-hydrogen) atoms. The van der Waals surface area contributed by atoms with E-state index in [0.717, 1.165) is 0 Å². The van der Waals surface area contributed by atoms with E-state index >= 15 is 0 Å². The molecule has 1 aliphatic rings. The highest BCUT2D eigenvalue weighted by atomic mass is 35.5. The zero-order valence-corrected chi connectivity index (χ0v) is 10.8. The number of hydrogen-bond acceptors (Lipinski definition) is 1. The maximum atomic E-state index is 10.9. The van der Waals surface area contributed by atoms with Crippen LogP contribution in [0.5, 0.6) is 0 Å². The summed E-state index contributed by atoms with van der Waals surface area (Å²) in [6.45, 7) is 0. The molecule has 2 rings (SSSR count). The second-order valence-electron chi connectivity index (χ2n) is 3.67. The first-order valence-corrected chi connectivity index (χ1v) is 5.92. The van der Waals surface area contributed by atoms with Crippen molar-refractivity contribution in [2.75, 3.05) is 0 Å². The van der Waals surface area contributed by atoms with E-state index in [2.05, 4.69) is 0 Å². The minimum absolute atomic E-state index is 0.433. The molecule has 0 spiro atoms. The van der Waals surface area contributed by atoms with E-state index in [4.69, 9.17) is 51.5 Å². The van der Waals surface area contributed by atoms with E-state index in [1.165, 1.54) is 0 Å². The SMILES string of the molecule is O=C(O)[C@H]1[C@@H](c2cc(Cl)cc(Cl)c2)C1(Cl)Cl. The summed E-state index contributed by atoms with van der Waals surface area (Å²) < 4.78 is -1.28. The van der Waals surface area contributed by atoms with Crippen molar-refractivity contribution >= 4 is 52.4 Å². The highest BCUT2D eigenvalue weighted by Gasteiger charge is 2.68. The lowest BCUT2D eigenvalue weighted by Gasteiger charge is -2.02. The van der Waals surface area contributed by atoms with Gasteiger partial charge in [-0.25, -0.2) is 0 Å². The van der Waals surface area contributed by atoms with Crippen LogP contribution in [0.15, 0.2) is 18.2 Å². The van der Waals surface area contributed by atoms with Gasteiger partial charge >= 0.3 is 5.97 Å². The Bertz CT molecular complexity index is 438. The summed E-state index contributed by atoms with van der Waals surface area (Å²) in [6.07, 6.45) is 0. The minimum Gasteiger partial charge on any atom is -0.481 e. The van der Waals surface area contributed by atoms with Gasteiger partial charge in [0.2, 0.25) is 0 Å². The summed E-state index contributed by atoms with van der Waals surface area (Å²) in [5.41, 5.74) is 0.648. The molecular weight excluding hydrogens is 294 g/mol. The van der Waals surface area contributed by atoms with Crippen LogP contribution in [-0.4, -0.2) is 15.4 Å². The standard InChI is InChI=1S/C10H6Cl4O2/c11-5-1-4(2-6(12)3-5)7-8(9(15)16)10(7,13)14/h1-3,7-8H,(H,15,16)/t7-,8-/m1/s1. The number of hydrogen-bond donors (Lipinski definition) is 1.